The molecule has 14 aromatic rings. The van der Waals surface area contributed by atoms with E-state index in [1.165, 1.54) is 52.6 Å². The summed E-state index contributed by atoms with van der Waals surface area (Å²) in [4.78, 5) is 17.0. The van der Waals surface area contributed by atoms with E-state index in [-0.39, 0.29) is 0 Å². The molecule has 2 aromatic heterocycles. The number of nitrogens with zero attached hydrogens (tertiary/aromatic N) is 4. The van der Waals surface area contributed by atoms with Gasteiger partial charge in [-0.3, -0.25) is 4.57 Å². The second kappa shape index (κ2) is 21.3. The van der Waals surface area contributed by atoms with Crippen LogP contribution in [-0.4, -0.2) is 35.7 Å². The number of hydrogen-bond acceptors (Lipinski definition) is 3. The standard InChI is InChI=1S/C75H54N4Si2/c1-8-28-55(29-9-1)57-32-26-34-59(50-57)73-76-74(78-75(77-73)79-71-48-24-22-46-69(71)70-47-23-25-49-72(70)79)60-52-67(80(61-35-12-3-13-36-61,62-37-14-4-15-38-62)63-39-16-5-17-40-63)54-68(53-60)81(64-41-18-6-19-42-64,65-43-20-7-21-44-65)66-45-27-33-58(51-66)56-30-10-2-11-31-56/h1-54H. The van der Waals surface area contributed by atoms with E-state index in [9.17, 15) is 0 Å². The first-order valence-electron chi connectivity index (χ1n) is 27.7. The monoisotopic (exact) mass is 1070 g/mol. The summed E-state index contributed by atoms with van der Waals surface area (Å²) in [6.45, 7) is 0. The van der Waals surface area contributed by atoms with Crippen LogP contribution in [0.2, 0.25) is 0 Å². The average molecular weight is 1070 g/mol. The van der Waals surface area contributed by atoms with E-state index in [1.807, 2.05) is 0 Å². The lowest BCUT2D eigenvalue weighted by Crippen LogP contribution is -2.78. The molecule has 4 nitrogen and oxygen atoms in total. The summed E-state index contributed by atoms with van der Waals surface area (Å²) in [5.74, 6) is 1.72. The minimum Gasteiger partial charge on any atom is -0.278 e. The molecule has 0 spiro atoms. The van der Waals surface area contributed by atoms with Crippen molar-refractivity contribution in [1.82, 2.24) is 19.5 Å². The van der Waals surface area contributed by atoms with Crippen molar-refractivity contribution in [3.8, 4) is 51.0 Å². The van der Waals surface area contributed by atoms with Gasteiger partial charge < -0.3 is 0 Å². The molecule has 0 atom stereocenters. The van der Waals surface area contributed by atoms with E-state index in [2.05, 4.69) is 332 Å². The molecule has 6 heteroatoms. The Morgan fingerprint density at radius 2 is 0.519 bits per heavy atom. The maximum absolute atomic E-state index is 5.76. The normalized spacial score (nSPS) is 11.7. The molecule has 12 aromatic carbocycles. The van der Waals surface area contributed by atoms with E-state index in [4.69, 9.17) is 15.0 Å². The van der Waals surface area contributed by atoms with Gasteiger partial charge in [0.25, 0.3) is 0 Å². The van der Waals surface area contributed by atoms with Gasteiger partial charge >= 0.3 is 0 Å². The fourth-order valence-corrected chi connectivity index (χ4v) is 22.3. The zero-order valence-corrected chi connectivity index (χ0v) is 46.5. The number of para-hydroxylation sites is 2. The maximum atomic E-state index is 5.76. The summed E-state index contributed by atoms with van der Waals surface area (Å²) < 4.78 is 2.23. The van der Waals surface area contributed by atoms with E-state index in [1.54, 1.807) is 0 Å². The van der Waals surface area contributed by atoms with Crippen molar-refractivity contribution in [1.29, 1.82) is 0 Å². The van der Waals surface area contributed by atoms with Gasteiger partial charge in [-0.25, -0.2) is 4.98 Å². The van der Waals surface area contributed by atoms with Crippen molar-refractivity contribution < 1.29 is 0 Å². The molecule has 0 unspecified atom stereocenters. The number of benzene rings is 12. The Hall–Kier alpha value is -10.1. The largest absolute Gasteiger partial charge is 0.278 e. The molecule has 81 heavy (non-hydrogen) atoms. The topological polar surface area (TPSA) is 43.6 Å². The third-order valence-corrected chi connectivity index (χ3v) is 25.6. The Bertz CT molecular complexity index is 4310. The minimum atomic E-state index is -3.36. The zero-order valence-electron chi connectivity index (χ0n) is 44.5. The van der Waals surface area contributed by atoms with Gasteiger partial charge in [0.2, 0.25) is 5.95 Å². The Morgan fingerprint density at radius 3 is 0.963 bits per heavy atom. The van der Waals surface area contributed by atoms with Crippen LogP contribution in [-0.2, 0) is 0 Å². The minimum absolute atomic E-state index is 0.548. The molecular formula is C75H54N4Si2. The van der Waals surface area contributed by atoms with E-state index >= 15 is 0 Å². The first kappa shape index (κ1) is 49.2. The van der Waals surface area contributed by atoms with Gasteiger partial charge in [0.05, 0.1) is 11.0 Å². The highest BCUT2D eigenvalue weighted by molar-refractivity contribution is 7.22. The van der Waals surface area contributed by atoms with Crippen LogP contribution in [0.5, 0.6) is 0 Å². The fraction of sp³-hybridized carbons (Fsp3) is 0. The predicted octanol–water partition coefficient (Wildman–Crippen LogP) is 12.4. The first-order valence-corrected chi connectivity index (χ1v) is 31.7. The van der Waals surface area contributed by atoms with Crippen molar-refractivity contribution in [2.45, 2.75) is 0 Å². The molecular weight excluding hydrogens is 1010 g/mol. The quantitative estimate of drug-likeness (QED) is 0.0854. The van der Waals surface area contributed by atoms with Crippen LogP contribution in [0, 0.1) is 0 Å². The second-order valence-electron chi connectivity index (χ2n) is 20.7. The molecule has 2 heterocycles. The SMILES string of the molecule is c1ccc(-c2cccc(-c3nc(-c4cc([Si](c5ccccc5)(c5ccccc5)c5ccccc5)cc([Si](c5ccccc5)(c5ccccc5)c5cccc(-c6ccccc6)c5)c4)nc(-n4c5ccccc5c5ccccc54)n3)c2)cc1. The second-order valence-corrected chi connectivity index (χ2v) is 28.3. The highest BCUT2D eigenvalue weighted by Gasteiger charge is 2.46. The molecule has 0 aliphatic carbocycles. The Balaban J connectivity index is 1.15. The van der Waals surface area contributed by atoms with Crippen LogP contribution in [0.4, 0.5) is 0 Å². The smallest absolute Gasteiger partial charge is 0.238 e. The van der Waals surface area contributed by atoms with Crippen LogP contribution < -0.4 is 41.5 Å². The van der Waals surface area contributed by atoms with Gasteiger partial charge in [-0.15, -0.1) is 0 Å². The van der Waals surface area contributed by atoms with Crippen LogP contribution in [0.3, 0.4) is 0 Å². The van der Waals surface area contributed by atoms with Crippen molar-refractivity contribution in [3.63, 3.8) is 0 Å². The summed E-state index contributed by atoms with van der Waals surface area (Å²) >= 11 is 0. The summed E-state index contributed by atoms with van der Waals surface area (Å²) in [5, 5.41) is 12.4. The third-order valence-electron chi connectivity index (χ3n) is 16.1. The molecule has 0 bridgehead atoms. The van der Waals surface area contributed by atoms with E-state index in [0.717, 1.165) is 44.1 Å². The Kier molecular flexibility index (Phi) is 12.9. The summed E-state index contributed by atoms with van der Waals surface area (Å²) in [6.07, 6.45) is 0. The van der Waals surface area contributed by atoms with E-state index < -0.39 is 16.1 Å². The van der Waals surface area contributed by atoms with Crippen LogP contribution >= 0.6 is 0 Å². The van der Waals surface area contributed by atoms with Crippen molar-refractivity contribution in [2.24, 2.45) is 0 Å². The molecule has 0 fully saturated rings. The van der Waals surface area contributed by atoms with Crippen LogP contribution in [0.1, 0.15) is 0 Å². The number of hydrogen-bond donors (Lipinski definition) is 0. The molecule has 0 aliphatic heterocycles. The van der Waals surface area contributed by atoms with E-state index in [0.29, 0.717) is 17.6 Å². The average Bonchev–Trinajstić information content (AvgIpc) is 3.97. The molecule has 0 amide bonds. The highest BCUT2D eigenvalue weighted by Crippen LogP contribution is 2.33. The Morgan fingerprint density at radius 1 is 0.210 bits per heavy atom. The van der Waals surface area contributed by atoms with Crippen molar-refractivity contribution in [2.75, 3.05) is 0 Å². The molecule has 0 aliphatic rings. The molecule has 0 saturated carbocycles. The van der Waals surface area contributed by atoms with Gasteiger partial charge in [-0.05, 0) is 81.9 Å². The van der Waals surface area contributed by atoms with Gasteiger partial charge in [0.1, 0.15) is 0 Å². The van der Waals surface area contributed by atoms with Gasteiger partial charge in [0.15, 0.2) is 27.8 Å². The number of aromatic nitrogens is 4. The third kappa shape index (κ3) is 8.75. The lowest BCUT2D eigenvalue weighted by atomic mass is 10.0. The summed E-state index contributed by atoms with van der Waals surface area (Å²) in [7, 11) is -6.61. The van der Waals surface area contributed by atoms with Gasteiger partial charge in [-0.2, -0.15) is 9.97 Å². The predicted molar refractivity (Wildman–Crippen MR) is 343 cm³/mol. The van der Waals surface area contributed by atoms with Crippen LogP contribution in [0.15, 0.2) is 328 Å². The number of fused-ring (bicyclic) bond motifs is 3. The van der Waals surface area contributed by atoms with Crippen LogP contribution in [0.25, 0.3) is 72.8 Å². The first-order chi connectivity index (χ1) is 40.2. The molecule has 382 valence electrons. The summed E-state index contributed by atoms with van der Waals surface area (Å²) in [6, 6.07) is 120. The van der Waals surface area contributed by atoms with Crippen molar-refractivity contribution in [3.05, 3.63) is 328 Å². The lowest BCUT2D eigenvalue weighted by molar-refractivity contribution is 0.953. The summed E-state index contributed by atoms with van der Waals surface area (Å²) in [5.41, 5.74) is 8.41. The molecule has 14 rings (SSSR count). The lowest BCUT2D eigenvalue weighted by Gasteiger charge is -2.38. The fourth-order valence-electron chi connectivity index (χ4n) is 12.5. The maximum Gasteiger partial charge on any atom is 0.238 e. The number of rotatable bonds is 13. The van der Waals surface area contributed by atoms with Gasteiger partial charge in [0, 0.05) is 21.9 Å². The molecule has 0 N–H and O–H groups in total. The zero-order chi connectivity index (χ0) is 54.0. The molecule has 0 saturated heterocycles. The van der Waals surface area contributed by atoms with Gasteiger partial charge in [-0.1, -0.05) is 309 Å². The van der Waals surface area contributed by atoms with Crippen molar-refractivity contribution >= 4 is 79.4 Å². The highest BCUT2D eigenvalue weighted by atomic mass is 28.3. The Labute approximate surface area is 474 Å². The molecule has 0 radical (unpaired) electrons.